The lowest BCUT2D eigenvalue weighted by Gasteiger charge is -2.19. The summed E-state index contributed by atoms with van der Waals surface area (Å²) in [4.78, 5) is 10.8. The minimum absolute atomic E-state index is 0.189. The molecule has 1 aliphatic heterocycles. The molecule has 1 aliphatic rings. The van der Waals surface area contributed by atoms with Gasteiger partial charge in [0.1, 0.15) is 23.2 Å². The number of benzene rings is 1. The molecule has 1 atom stereocenters. The van der Waals surface area contributed by atoms with Crippen LogP contribution in [0.2, 0.25) is 0 Å². The Morgan fingerprint density at radius 1 is 1.29 bits per heavy atom. The van der Waals surface area contributed by atoms with Gasteiger partial charge in [0, 0.05) is 12.0 Å². The van der Waals surface area contributed by atoms with Gasteiger partial charge in [-0.1, -0.05) is 18.2 Å². The summed E-state index contributed by atoms with van der Waals surface area (Å²) in [6.07, 6.45) is -0.288. The lowest BCUT2D eigenvalue weighted by molar-refractivity contribution is 0.0654. The van der Waals surface area contributed by atoms with E-state index in [0.29, 0.717) is 11.3 Å². The van der Waals surface area contributed by atoms with Crippen molar-refractivity contribution in [2.24, 2.45) is 0 Å². The maximum Gasteiger partial charge on any atom is 0.371 e. The van der Waals surface area contributed by atoms with Gasteiger partial charge in [0.2, 0.25) is 5.76 Å². The third-order valence-electron chi connectivity index (χ3n) is 3.52. The second-order valence-electron chi connectivity index (χ2n) is 5.78. The van der Waals surface area contributed by atoms with Crippen molar-refractivity contribution in [1.82, 2.24) is 0 Å². The Balaban J connectivity index is 1.98. The molecule has 1 unspecified atom stereocenters. The normalized spacial score (nSPS) is 17.1. The van der Waals surface area contributed by atoms with Crippen molar-refractivity contribution in [1.29, 1.82) is 0 Å². The van der Waals surface area contributed by atoms with Crippen LogP contribution in [0.3, 0.4) is 0 Å². The van der Waals surface area contributed by atoms with E-state index >= 15 is 0 Å². The average molecular weight is 288 g/mol. The maximum atomic E-state index is 10.8. The highest BCUT2D eigenvalue weighted by Crippen LogP contribution is 2.41. The average Bonchev–Trinajstić information content (AvgIpc) is 2.99. The molecular weight excluding hydrogens is 272 g/mol. The highest BCUT2D eigenvalue weighted by atomic mass is 16.5. The Labute approximate surface area is 121 Å². The molecule has 2 aromatic rings. The first kappa shape index (κ1) is 13.7. The second-order valence-corrected chi connectivity index (χ2v) is 5.78. The topological polar surface area (TPSA) is 79.9 Å². The van der Waals surface area contributed by atoms with Crippen LogP contribution in [0.4, 0.5) is 0 Å². The van der Waals surface area contributed by atoms with Crippen molar-refractivity contribution in [2.75, 3.05) is 0 Å². The quantitative estimate of drug-likeness (QED) is 0.907. The fraction of sp³-hybridized carbons (Fsp3) is 0.312. The zero-order chi connectivity index (χ0) is 15.2. The summed E-state index contributed by atoms with van der Waals surface area (Å²) in [6.45, 7) is 3.97. The number of aliphatic hydroxyl groups excluding tert-OH is 1. The molecule has 3 rings (SSSR count). The van der Waals surface area contributed by atoms with E-state index in [2.05, 4.69) is 0 Å². The molecule has 0 saturated heterocycles. The zero-order valence-corrected chi connectivity index (χ0v) is 11.8. The van der Waals surface area contributed by atoms with Crippen molar-refractivity contribution >= 4 is 5.97 Å². The van der Waals surface area contributed by atoms with Crippen LogP contribution in [-0.4, -0.2) is 21.8 Å². The van der Waals surface area contributed by atoms with E-state index in [4.69, 9.17) is 14.3 Å². The predicted octanol–water partition coefficient (Wildman–Crippen LogP) is 2.77. The lowest BCUT2D eigenvalue weighted by atomic mass is 9.98. The summed E-state index contributed by atoms with van der Waals surface area (Å²) in [7, 11) is 0. The number of para-hydroxylation sites is 1. The SMILES string of the molecule is CC1(C)Cc2cccc(C(O)c3ccc(C(=O)O)o3)c2O1. The van der Waals surface area contributed by atoms with Crippen LogP contribution in [0, 0.1) is 0 Å². The van der Waals surface area contributed by atoms with Gasteiger partial charge >= 0.3 is 5.97 Å². The molecule has 0 bridgehead atoms. The van der Waals surface area contributed by atoms with Gasteiger partial charge in [-0.15, -0.1) is 0 Å². The Bertz CT molecular complexity index is 698. The molecule has 5 nitrogen and oxygen atoms in total. The van der Waals surface area contributed by atoms with Crippen LogP contribution in [0.25, 0.3) is 0 Å². The first-order valence-electron chi connectivity index (χ1n) is 6.69. The number of furan rings is 1. The standard InChI is InChI=1S/C16H16O5/c1-16(2)8-9-4-3-5-10(14(9)21-16)13(17)11-6-7-12(20-11)15(18)19/h3-7,13,17H,8H2,1-2H3,(H,18,19). The van der Waals surface area contributed by atoms with Gasteiger partial charge < -0.3 is 19.4 Å². The number of hydrogen-bond acceptors (Lipinski definition) is 4. The molecule has 21 heavy (non-hydrogen) atoms. The molecule has 0 saturated carbocycles. The van der Waals surface area contributed by atoms with Crippen LogP contribution in [-0.2, 0) is 6.42 Å². The summed E-state index contributed by atoms with van der Waals surface area (Å²) >= 11 is 0. The van der Waals surface area contributed by atoms with Gasteiger partial charge in [-0.3, -0.25) is 0 Å². The number of rotatable bonds is 3. The van der Waals surface area contributed by atoms with Gasteiger partial charge in [-0.25, -0.2) is 4.79 Å². The van der Waals surface area contributed by atoms with Crippen molar-refractivity contribution in [3.8, 4) is 5.75 Å². The smallest absolute Gasteiger partial charge is 0.371 e. The molecular formula is C16H16O5. The first-order valence-corrected chi connectivity index (χ1v) is 6.69. The summed E-state index contributed by atoms with van der Waals surface area (Å²) < 4.78 is 11.1. The number of aromatic carboxylic acids is 1. The molecule has 2 N–H and O–H groups in total. The van der Waals surface area contributed by atoms with Gasteiger partial charge in [-0.2, -0.15) is 0 Å². The van der Waals surface area contributed by atoms with Gasteiger partial charge in [0.05, 0.1) is 0 Å². The number of carboxylic acids is 1. The number of aliphatic hydroxyl groups is 1. The lowest BCUT2D eigenvalue weighted by Crippen LogP contribution is -2.25. The molecule has 0 radical (unpaired) electrons. The van der Waals surface area contributed by atoms with Crippen molar-refractivity contribution in [3.05, 3.63) is 53.0 Å². The van der Waals surface area contributed by atoms with Crippen LogP contribution in [0.1, 0.15) is 47.4 Å². The Morgan fingerprint density at radius 3 is 2.71 bits per heavy atom. The molecule has 5 heteroatoms. The number of ether oxygens (including phenoxy) is 1. The van der Waals surface area contributed by atoms with E-state index in [0.717, 1.165) is 12.0 Å². The van der Waals surface area contributed by atoms with Crippen molar-refractivity contribution < 1.29 is 24.2 Å². The van der Waals surface area contributed by atoms with E-state index in [1.807, 2.05) is 26.0 Å². The summed E-state index contributed by atoms with van der Waals surface area (Å²) in [5.41, 5.74) is 1.30. The van der Waals surface area contributed by atoms with Crippen LogP contribution >= 0.6 is 0 Å². The molecule has 0 aliphatic carbocycles. The maximum absolute atomic E-state index is 10.8. The van der Waals surface area contributed by atoms with Crippen molar-refractivity contribution in [2.45, 2.75) is 32.0 Å². The zero-order valence-electron chi connectivity index (χ0n) is 11.8. The van der Waals surface area contributed by atoms with E-state index < -0.39 is 12.1 Å². The monoisotopic (exact) mass is 288 g/mol. The minimum atomic E-state index is -1.16. The molecule has 2 heterocycles. The van der Waals surface area contributed by atoms with Crippen LogP contribution < -0.4 is 4.74 Å². The van der Waals surface area contributed by atoms with Gasteiger partial charge in [0.25, 0.3) is 0 Å². The first-order chi connectivity index (χ1) is 9.87. The van der Waals surface area contributed by atoms with Crippen molar-refractivity contribution in [3.63, 3.8) is 0 Å². The molecule has 0 amide bonds. The molecule has 110 valence electrons. The summed E-state index contributed by atoms with van der Waals surface area (Å²) in [6, 6.07) is 8.37. The summed E-state index contributed by atoms with van der Waals surface area (Å²) in [5.74, 6) is -0.514. The third-order valence-corrected chi connectivity index (χ3v) is 3.52. The third kappa shape index (κ3) is 2.40. The van der Waals surface area contributed by atoms with Gasteiger partial charge in [-0.05, 0) is 31.5 Å². The predicted molar refractivity (Wildman–Crippen MR) is 74.6 cm³/mol. The highest BCUT2D eigenvalue weighted by Gasteiger charge is 2.33. The number of carboxylic acid groups (broad SMARTS) is 1. The second kappa shape index (κ2) is 4.63. The molecule has 1 aromatic heterocycles. The fourth-order valence-electron chi connectivity index (χ4n) is 2.62. The minimum Gasteiger partial charge on any atom is -0.487 e. The number of hydrogen-bond donors (Lipinski definition) is 2. The Kier molecular flexibility index (Phi) is 3.02. The largest absolute Gasteiger partial charge is 0.487 e. The Hall–Kier alpha value is -2.27. The van der Waals surface area contributed by atoms with E-state index in [9.17, 15) is 9.90 Å². The number of fused-ring (bicyclic) bond motifs is 1. The van der Waals surface area contributed by atoms with E-state index in [-0.39, 0.29) is 17.1 Å². The Morgan fingerprint density at radius 2 is 2.05 bits per heavy atom. The van der Waals surface area contributed by atoms with Gasteiger partial charge in [0.15, 0.2) is 0 Å². The summed E-state index contributed by atoms with van der Waals surface area (Å²) in [5, 5.41) is 19.3. The molecule has 0 spiro atoms. The van der Waals surface area contributed by atoms with Crippen LogP contribution in [0.15, 0.2) is 34.7 Å². The molecule has 0 fully saturated rings. The highest BCUT2D eigenvalue weighted by molar-refractivity contribution is 5.84. The van der Waals surface area contributed by atoms with E-state index in [1.54, 1.807) is 6.07 Å². The van der Waals surface area contributed by atoms with E-state index in [1.165, 1.54) is 12.1 Å². The molecule has 1 aromatic carbocycles. The number of carbonyl (C=O) groups is 1. The van der Waals surface area contributed by atoms with Crippen LogP contribution in [0.5, 0.6) is 5.75 Å². The fourth-order valence-corrected chi connectivity index (χ4v) is 2.62.